The number of nitrogens with zero attached hydrogens (tertiary/aromatic N) is 1. The van der Waals surface area contributed by atoms with Crippen LogP contribution >= 0.6 is 11.3 Å². The van der Waals surface area contributed by atoms with Crippen molar-refractivity contribution in [3.05, 3.63) is 16.1 Å². The van der Waals surface area contributed by atoms with E-state index in [1.807, 2.05) is 26.2 Å². The molecule has 0 unspecified atom stereocenters. The van der Waals surface area contributed by atoms with E-state index in [9.17, 15) is 9.90 Å². The molecular formula is C11H18N2O2S. The van der Waals surface area contributed by atoms with Gasteiger partial charge in [-0.25, -0.2) is 4.98 Å². The maximum atomic E-state index is 11.2. The smallest absolute Gasteiger partial charge is 0.323 e. The molecule has 0 aliphatic rings. The van der Waals surface area contributed by atoms with Gasteiger partial charge in [0.2, 0.25) is 0 Å². The Morgan fingerprint density at radius 1 is 1.56 bits per heavy atom. The van der Waals surface area contributed by atoms with Crippen molar-refractivity contribution in [2.75, 3.05) is 0 Å². The normalized spacial score (nSPS) is 11.7. The summed E-state index contributed by atoms with van der Waals surface area (Å²) in [5.74, 6) is -0.788. The minimum atomic E-state index is -0.822. The third-order valence-electron chi connectivity index (χ3n) is 2.89. The number of carboxylic acids is 1. The van der Waals surface area contributed by atoms with Crippen molar-refractivity contribution in [2.45, 2.75) is 45.7 Å². The predicted octanol–water partition coefficient (Wildman–Crippen LogP) is 2.18. The Labute approximate surface area is 99.7 Å². The summed E-state index contributed by atoms with van der Waals surface area (Å²) in [7, 11) is 0. The fourth-order valence-corrected chi connectivity index (χ4v) is 2.24. The summed E-state index contributed by atoms with van der Waals surface area (Å²) < 4.78 is 0. The lowest BCUT2D eigenvalue weighted by Gasteiger charge is -2.27. The molecule has 0 aromatic carbocycles. The number of hydrogen-bond donors (Lipinski definition) is 2. The highest BCUT2D eigenvalue weighted by atomic mass is 32.1. The summed E-state index contributed by atoms with van der Waals surface area (Å²) in [6.45, 7) is 6.23. The van der Waals surface area contributed by atoms with E-state index in [0.717, 1.165) is 10.7 Å². The minimum Gasteiger partial charge on any atom is -0.480 e. The van der Waals surface area contributed by atoms with E-state index in [-0.39, 0.29) is 0 Å². The summed E-state index contributed by atoms with van der Waals surface area (Å²) in [5, 5.41) is 15.3. The second-order valence-corrected chi connectivity index (χ2v) is 4.87. The van der Waals surface area contributed by atoms with Crippen LogP contribution in [-0.4, -0.2) is 21.6 Å². The molecule has 0 fully saturated rings. The van der Waals surface area contributed by atoms with E-state index in [2.05, 4.69) is 10.3 Å². The molecule has 5 heteroatoms. The number of thiazole rings is 1. The Morgan fingerprint density at radius 3 is 2.56 bits per heavy atom. The average molecular weight is 242 g/mol. The van der Waals surface area contributed by atoms with Crippen molar-refractivity contribution >= 4 is 17.3 Å². The summed E-state index contributed by atoms with van der Waals surface area (Å²) >= 11 is 1.58. The van der Waals surface area contributed by atoms with Gasteiger partial charge in [-0.05, 0) is 19.8 Å². The first-order chi connectivity index (χ1) is 7.54. The molecule has 0 saturated heterocycles. The van der Waals surface area contributed by atoms with E-state index in [1.54, 1.807) is 11.3 Å². The molecule has 0 radical (unpaired) electrons. The molecule has 0 spiro atoms. The summed E-state index contributed by atoms with van der Waals surface area (Å²) in [6.07, 6.45) is 1.14. The van der Waals surface area contributed by atoms with Gasteiger partial charge in [-0.15, -0.1) is 11.3 Å². The van der Waals surface area contributed by atoms with Crippen molar-refractivity contribution < 1.29 is 9.90 Å². The van der Waals surface area contributed by atoms with Crippen LogP contribution in [0.5, 0.6) is 0 Å². The first kappa shape index (κ1) is 13.1. The van der Waals surface area contributed by atoms with Crippen molar-refractivity contribution in [1.82, 2.24) is 10.3 Å². The molecule has 1 aromatic rings. The van der Waals surface area contributed by atoms with Gasteiger partial charge in [0, 0.05) is 11.9 Å². The van der Waals surface area contributed by atoms with Crippen LogP contribution in [0, 0.1) is 6.92 Å². The molecule has 4 nitrogen and oxygen atoms in total. The number of rotatable bonds is 6. The van der Waals surface area contributed by atoms with Gasteiger partial charge < -0.3 is 5.11 Å². The fourth-order valence-electron chi connectivity index (χ4n) is 1.63. The number of hydrogen-bond acceptors (Lipinski definition) is 4. The number of aryl methyl sites for hydroxylation is 1. The van der Waals surface area contributed by atoms with Crippen LogP contribution in [0.15, 0.2) is 5.38 Å². The van der Waals surface area contributed by atoms with Gasteiger partial charge in [0.05, 0.1) is 10.7 Å². The third-order valence-corrected chi connectivity index (χ3v) is 3.71. The van der Waals surface area contributed by atoms with E-state index in [4.69, 9.17) is 0 Å². The Morgan fingerprint density at radius 2 is 2.19 bits per heavy atom. The number of aliphatic carboxylic acids is 1. The molecular weight excluding hydrogens is 224 g/mol. The lowest BCUT2D eigenvalue weighted by atomic mass is 9.93. The standard InChI is InChI=1S/C11H18N2O2S/c1-4-11(5-2,10(14)15)12-6-9-7-16-8(3)13-9/h7,12H,4-6H2,1-3H3,(H,14,15). The van der Waals surface area contributed by atoms with Crippen LogP contribution in [0.2, 0.25) is 0 Å². The van der Waals surface area contributed by atoms with Gasteiger partial charge in [0.25, 0.3) is 0 Å². The van der Waals surface area contributed by atoms with Gasteiger partial charge in [-0.2, -0.15) is 0 Å². The van der Waals surface area contributed by atoms with Crippen molar-refractivity contribution in [3.8, 4) is 0 Å². The van der Waals surface area contributed by atoms with Crippen LogP contribution in [0.3, 0.4) is 0 Å². The summed E-state index contributed by atoms with van der Waals surface area (Å²) in [4.78, 5) is 15.5. The topological polar surface area (TPSA) is 62.2 Å². The molecule has 90 valence electrons. The van der Waals surface area contributed by atoms with E-state index >= 15 is 0 Å². The zero-order chi connectivity index (χ0) is 12.2. The summed E-state index contributed by atoms with van der Waals surface area (Å²) in [6, 6.07) is 0. The minimum absolute atomic E-state index is 0.512. The highest BCUT2D eigenvalue weighted by Crippen LogP contribution is 2.17. The van der Waals surface area contributed by atoms with Crippen LogP contribution in [0.4, 0.5) is 0 Å². The first-order valence-electron chi connectivity index (χ1n) is 5.43. The van der Waals surface area contributed by atoms with E-state index in [0.29, 0.717) is 19.4 Å². The lowest BCUT2D eigenvalue weighted by Crippen LogP contribution is -2.50. The lowest BCUT2D eigenvalue weighted by molar-refractivity contribution is -0.145. The summed E-state index contributed by atoms with van der Waals surface area (Å²) in [5.41, 5.74) is 0.0902. The maximum Gasteiger partial charge on any atom is 0.323 e. The van der Waals surface area contributed by atoms with Crippen LogP contribution in [0.1, 0.15) is 37.4 Å². The third kappa shape index (κ3) is 2.80. The molecule has 0 atom stereocenters. The molecule has 0 amide bonds. The van der Waals surface area contributed by atoms with Crippen LogP contribution < -0.4 is 5.32 Å². The van der Waals surface area contributed by atoms with E-state index < -0.39 is 11.5 Å². The Bertz CT molecular complexity index is 359. The van der Waals surface area contributed by atoms with Gasteiger partial charge in [-0.3, -0.25) is 10.1 Å². The van der Waals surface area contributed by atoms with Crippen molar-refractivity contribution in [1.29, 1.82) is 0 Å². The molecule has 2 N–H and O–H groups in total. The molecule has 1 rings (SSSR count). The first-order valence-corrected chi connectivity index (χ1v) is 6.31. The van der Waals surface area contributed by atoms with E-state index in [1.165, 1.54) is 0 Å². The zero-order valence-electron chi connectivity index (χ0n) is 9.91. The second kappa shape index (κ2) is 5.41. The van der Waals surface area contributed by atoms with Crippen LogP contribution in [0.25, 0.3) is 0 Å². The van der Waals surface area contributed by atoms with Crippen molar-refractivity contribution in [3.63, 3.8) is 0 Å². The molecule has 0 saturated carbocycles. The maximum absolute atomic E-state index is 11.2. The molecule has 16 heavy (non-hydrogen) atoms. The number of aromatic nitrogens is 1. The van der Waals surface area contributed by atoms with Gasteiger partial charge in [-0.1, -0.05) is 13.8 Å². The molecule has 0 bridgehead atoms. The highest BCUT2D eigenvalue weighted by molar-refractivity contribution is 7.09. The van der Waals surface area contributed by atoms with Crippen molar-refractivity contribution in [2.24, 2.45) is 0 Å². The number of carboxylic acid groups (broad SMARTS) is 1. The number of nitrogens with one attached hydrogen (secondary N) is 1. The SMILES string of the molecule is CCC(CC)(NCc1csc(C)n1)C(=O)O. The predicted molar refractivity (Wildman–Crippen MR) is 64.6 cm³/mol. The highest BCUT2D eigenvalue weighted by Gasteiger charge is 2.34. The molecule has 0 aliphatic carbocycles. The fraction of sp³-hybridized carbons (Fsp3) is 0.636. The molecule has 1 heterocycles. The largest absolute Gasteiger partial charge is 0.480 e. The quantitative estimate of drug-likeness (QED) is 0.802. The second-order valence-electron chi connectivity index (χ2n) is 3.81. The van der Waals surface area contributed by atoms with Gasteiger partial charge in [0.15, 0.2) is 0 Å². The molecule has 0 aliphatic heterocycles. The van der Waals surface area contributed by atoms with Crippen LogP contribution in [-0.2, 0) is 11.3 Å². The van der Waals surface area contributed by atoms with Gasteiger partial charge in [0.1, 0.15) is 5.54 Å². The monoisotopic (exact) mass is 242 g/mol. The Hall–Kier alpha value is -0.940. The van der Waals surface area contributed by atoms with Gasteiger partial charge >= 0.3 is 5.97 Å². The Kier molecular flexibility index (Phi) is 4.44. The Balaban J connectivity index is 2.67. The number of carbonyl (C=O) groups is 1. The molecule has 1 aromatic heterocycles. The average Bonchev–Trinajstić information content (AvgIpc) is 2.66. The zero-order valence-corrected chi connectivity index (χ0v) is 10.7.